The number of carboxylic acids is 1. The highest BCUT2D eigenvalue weighted by molar-refractivity contribution is 7.89. The largest absolute Gasteiger partial charge is 0.478 e. The Kier molecular flexibility index (Phi) is 5.59. The third-order valence-corrected chi connectivity index (χ3v) is 5.41. The Labute approximate surface area is 127 Å². The molecule has 0 aliphatic heterocycles. The summed E-state index contributed by atoms with van der Waals surface area (Å²) in [5.74, 6) is -1.13. The van der Waals surface area contributed by atoms with Gasteiger partial charge in [0.05, 0.1) is 10.0 Å². The normalized spacial score (nSPS) is 12.2. The van der Waals surface area contributed by atoms with Crippen LogP contribution in [0.5, 0.6) is 0 Å². The fraction of sp³-hybridized carbons (Fsp3) is 0.250. The van der Waals surface area contributed by atoms with Crippen LogP contribution in [-0.2, 0) is 14.8 Å². The molecule has 0 saturated heterocycles. The minimum Gasteiger partial charge on any atom is -0.478 e. The molecule has 8 heteroatoms. The molecular weight excluding hydrogens is 325 g/mol. The lowest BCUT2D eigenvalue weighted by atomic mass is 10.2. The van der Waals surface area contributed by atoms with Gasteiger partial charge in [0, 0.05) is 19.7 Å². The van der Waals surface area contributed by atoms with Gasteiger partial charge < -0.3 is 5.11 Å². The van der Waals surface area contributed by atoms with E-state index in [-0.39, 0.29) is 21.5 Å². The standard InChI is InChI=1S/C12H13Cl2NO4S/c1-3-15(2)20(18,19)12-9(13)6-8(7-10(12)14)4-5-11(16)17/h4-7H,3H2,1-2H3,(H,16,17). The zero-order chi connectivity index (χ0) is 15.5. The highest BCUT2D eigenvalue weighted by Gasteiger charge is 2.25. The van der Waals surface area contributed by atoms with Crippen LogP contribution >= 0.6 is 23.2 Å². The maximum atomic E-state index is 12.2. The van der Waals surface area contributed by atoms with Crippen molar-refractivity contribution in [2.24, 2.45) is 0 Å². The first kappa shape index (κ1) is 17.0. The average Bonchev–Trinajstić information content (AvgIpc) is 2.34. The van der Waals surface area contributed by atoms with Crippen molar-refractivity contribution < 1.29 is 18.3 Å². The number of aliphatic carboxylic acids is 1. The van der Waals surface area contributed by atoms with E-state index >= 15 is 0 Å². The van der Waals surface area contributed by atoms with Gasteiger partial charge in [-0.25, -0.2) is 17.5 Å². The molecule has 0 aliphatic carbocycles. The zero-order valence-electron chi connectivity index (χ0n) is 10.8. The second-order valence-corrected chi connectivity index (χ2v) is 6.70. The van der Waals surface area contributed by atoms with Crippen molar-refractivity contribution in [3.05, 3.63) is 33.8 Å². The van der Waals surface area contributed by atoms with Gasteiger partial charge in [-0.05, 0) is 23.8 Å². The summed E-state index contributed by atoms with van der Waals surface area (Å²) < 4.78 is 25.6. The van der Waals surface area contributed by atoms with Crippen molar-refractivity contribution in [2.45, 2.75) is 11.8 Å². The summed E-state index contributed by atoms with van der Waals surface area (Å²) in [6.07, 6.45) is 2.19. The van der Waals surface area contributed by atoms with E-state index in [1.54, 1.807) is 6.92 Å². The molecule has 0 atom stereocenters. The Morgan fingerprint density at radius 3 is 2.25 bits per heavy atom. The summed E-state index contributed by atoms with van der Waals surface area (Å²) in [6.45, 7) is 1.96. The van der Waals surface area contributed by atoms with Crippen LogP contribution in [0.25, 0.3) is 6.08 Å². The van der Waals surface area contributed by atoms with Crippen LogP contribution in [0.1, 0.15) is 12.5 Å². The predicted octanol–water partition coefficient (Wildman–Crippen LogP) is 2.73. The van der Waals surface area contributed by atoms with E-state index in [0.717, 1.165) is 10.4 Å². The van der Waals surface area contributed by atoms with Crippen LogP contribution in [0.4, 0.5) is 0 Å². The summed E-state index contributed by atoms with van der Waals surface area (Å²) in [5.41, 5.74) is 0.403. The molecule has 0 fully saturated rings. The van der Waals surface area contributed by atoms with E-state index in [9.17, 15) is 13.2 Å². The number of benzene rings is 1. The van der Waals surface area contributed by atoms with Crippen molar-refractivity contribution >= 4 is 45.3 Å². The molecule has 0 aliphatic rings. The topological polar surface area (TPSA) is 74.7 Å². The lowest BCUT2D eigenvalue weighted by Crippen LogP contribution is -2.27. The molecule has 0 aromatic heterocycles. The Hall–Kier alpha value is -1.08. The number of sulfonamides is 1. The molecule has 110 valence electrons. The van der Waals surface area contributed by atoms with Crippen LogP contribution in [0.15, 0.2) is 23.1 Å². The molecular formula is C12H13Cl2NO4S. The molecule has 0 saturated carbocycles. The molecule has 0 unspecified atom stereocenters. The van der Waals surface area contributed by atoms with E-state index in [2.05, 4.69) is 0 Å². The molecule has 0 spiro atoms. The van der Waals surface area contributed by atoms with Gasteiger partial charge in [-0.1, -0.05) is 30.1 Å². The van der Waals surface area contributed by atoms with E-state index in [1.165, 1.54) is 25.3 Å². The summed E-state index contributed by atoms with van der Waals surface area (Å²) >= 11 is 11.9. The number of hydrogen-bond donors (Lipinski definition) is 1. The molecule has 0 bridgehead atoms. The fourth-order valence-electron chi connectivity index (χ4n) is 1.42. The van der Waals surface area contributed by atoms with Crippen LogP contribution in [0, 0.1) is 0 Å². The van der Waals surface area contributed by atoms with Crippen LogP contribution in [0.3, 0.4) is 0 Å². The smallest absolute Gasteiger partial charge is 0.328 e. The van der Waals surface area contributed by atoms with Crippen LogP contribution < -0.4 is 0 Å². The molecule has 20 heavy (non-hydrogen) atoms. The summed E-state index contributed by atoms with van der Waals surface area (Å²) in [5, 5.41) is 8.44. The number of carboxylic acid groups (broad SMARTS) is 1. The summed E-state index contributed by atoms with van der Waals surface area (Å²) in [4.78, 5) is 10.3. The second-order valence-electron chi connectivity index (χ2n) is 3.90. The molecule has 1 aromatic carbocycles. The van der Waals surface area contributed by atoms with E-state index in [1.807, 2.05) is 0 Å². The summed E-state index contributed by atoms with van der Waals surface area (Å²) in [6, 6.07) is 2.70. The first-order valence-corrected chi connectivity index (χ1v) is 7.76. The average molecular weight is 338 g/mol. The molecule has 5 nitrogen and oxygen atoms in total. The van der Waals surface area contributed by atoms with E-state index in [4.69, 9.17) is 28.3 Å². The fourth-order valence-corrected chi connectivity index (χ4v) is 3.77. The summed E-state index contributed by atoms with van der Waals surface area (Å²) in [7, 11) is -2.35. The highest BCUT2D eigenvalue weighted by Crippen LogP contribution is 2.33. The van der Waals surface area contributed by atoms with Gasteiger partial charge in [-0.15, -0.1) is 0 Å². The second kappa shape index (κ2) is 6.58. The third-order valence-electron chi connectivity index (χ3n) is 2.55. The molecule has 1 aromatic rings. The van der Waals surface area contributed by atoms with Gasteiger partial charge in [-0.3, -0.25) is 0 Å². The highest BCUT2D eigenvalue weighted by atomic mass is 35.5. The molecule has 1 N–H and O–H groups in total. The molecule has 0 radical (unpaired) electrons. The first-order chi connectivity index (χ1) is 9.20. The molecule has 1 rings (SSSR count). The van der Waals surface area contributed by atoms with Gasteiger partial charge in [-0.2, -0.15) is 0 Å². The van der Waals surface area contributed by atoms with Crippen molar-refractivity contribution in [3.8, 4) is 0 Å². The predicted molar refractivity (Wildman–Crippen MR) is 78.6 cm³/mol. The van der Waals surface area contributed by atoms with Crippen LogP contribution in [0.2, 0.25) is 10.0 Å². The van der Waals surface area contributed by atoms with Crippen molar-refractivity contribution in [2.75, 3.05) is 13.6 Å². The minimum atomic E-state index is -3.77. The maximum Gasteiger partial charge on any atom is 0.328 e. The van der Waals surface area contributed by atoms with E-state index < -0.39 is 16.0 Å². The number of hydrogen-bond acceptors (Lipinski definition) is 3. The van der Waals surface area contributed by atoms with Crippen molar-refractivity contribution in [3.63, 3.8) is 0 Å². The number of rotatable bonds is 5. The van der Waals surface area contributed by atoms with Gasteiger partial charge >= 0.3 is 5.97 Å². The Morgan fingerprint density at radius 2 is 1.85 bits per heavy atom. The molecule has 0 heterocycles. The Morgan fingerprint density at radius 1 is 1.35 bits per heavy atom. The van der Waals surface area contributed by atoms with Gasteiger partial charge in [0.25, 0.3) is 0 Å². The lowest BCUT2D eigenvalue weighted by Gasteiger charge is -2.17. The lowest BCUT2D eigenvalue weighted by molar-refractivity contribution is -0.131. The number of carbonyl (C=O) groups is 1. The molecule has 0 amide bonds. The zero-order valence-corrected chi connectivity index (χ0v) is 13.1. The number of nitrogens with zero attached hydrogens (tertiary/aromatic N) is 1. The van der Waals surface area contributed by atoms with Crippen molar-refractivity contribution in [1.29, 1.82) is 0 Å². The van der Waals surface area contributed by atoms with Gasteiger partial charge in [0.2, 0.25) is 10.0 Å². The van der Waals surface area contributed by atoms with Crippen LogP contribution in [-0.4, -0.2) is 37.4 Å². The quantitative estimate of drug-likeness (QED) is 0.838. The Balaban J connectivity index is 3.36. The monoisotopic (exact) mass is 337 g/mol. The minimum absolute atomic E-state index is 0.0529. The van der Waals surface area contributed by atoms with Crippen molar-refractivity contribution in [1.82, 2.24) is 4.31 Å². The maximum absolute atomic E-state index is 12.2. The van der Waals surface area contributed by atoms with Gasteiger partial charge in [0.1, 0.15) is 4.90 Å². The van der Waals surface area contributed by atoms with E-state index in [0.29, 0.717) is 5.56 Å². The SMILES string of the molecule is CCN(C)S(=O)(=O)c1c(Cl)cc(C=CC(=O)O)cc1Cl. The Bertz CT molecular complexity index is 632. The first-order valence-electron chi connectivity index (χ1n) is 5.56. The number of halogens is 2. The third kappa shape index (κ3) is 3.73. The van der Waals surface area contributed by atoms with Gasteiger partial charge in [0.15, 0.2) is 0 Å².